The minimum Gasteiger partial charge on any atom is -0.480 e. The summed E-state index contributed by atoms with van der Waals surface area (Å²) in [5.74, 6) is -0.157. The third-order valence-corrected chi connectivity index (χ3v) is 6.30. The van der Waals surface area contributed by atoms with E-state index in [4.69, 9.17) is 5.11 Å². The zero-order chi connectivity index (χ0) is 11.1. The van der Waals surface area contributed by atoms with Crippen LogP contribution >= 0.6 is 11.8 Å². The highest BCUT2D eigenvalue weighted by molar-refractivity contribution is 8.02. The number of carboxylic acids is 1. The predicted molar refractivity (Wildman–Crippen MR) is 57.6 cm³/mol. The Kier molecular flexibility index (Phi) is 2.72. The molecule has 5 nitrogen and oxygen atoms in total. The number of hydrogen-bond acceptors (Lipinski definition) is 5. The van der Waals surface area contributed by atoms with Crippen molar-refractivity contribution < 1.29 is 18.3 Å². The van der Waals surface area contributed by atoms with Crippen molar-refractivity contribution in [1.29, 1.82) is 0 Å². The van der Waals surface area contributed by atoms with Gasteiger partial charge < -0.3 is 5.11 Å². The minimum atomic E-state index is -3.00. The Labute approximate surface area is 92.5 Å². The molecule has 1 spiro atoms. The molecule has 2 aliphatic heterocycles. The number of hydrogen-bond donors (Lipinski definition) is 2. The lowest BCUT2D eigenvalue weighted by Gasteiger charge is -2.32. The maximum atomic E-state index is 11.5. The van der Waals surface area contributed by atoms with Crippen molar-refractivity contribution in [2.45, 2.75) is 23.8 Å². The Morgan fingerprint density at radius 2 is 2.27 bits per heavy atom. The van der Waals surface area contributed by atoms with Gasteiger partial charge in [-0.05, 0) is 12.8 Å². The first-order valence-electron chi connectivity index (χ1n) is 4.77. The number of sulfone groups is 1. The summed E-state index contributed by atoms with van der Waals surface area (Å²) in [6, 6.07) is -0.608. The fourth-order valence-electron chi connectivity index (χ4n) is 2.08. The average molecular weight is 251 g/mol. The smallest absolute Gasteiger partial charge is 0.321 e. The van der Waals surface area contributed by atoms with E-state index in [1.54, 1.807) is 0 Å². The number of nitrogens with one attached hydrogen (secondary N) is 1. The molecule has 0 radical (unpaired) electrons. The number of thioether (sulfide) groups is 1. The van der Waals surface area contributed by atoms with E-state index in [0.717, 1.165) is 6.42 Å². The van der Waals surface area contributed by atoms with Gasteiger partial charge in [0, 0.05) is 5.75 Å². The average Bonchev–Trinajstić information content (AvgIpc) is 2.46. The summed E-state index contributed by atoms with van der Waals surface area (Å²) in [5, 5.41) is 11.8. The third-order valence-electron chi connectivity index (χ3n) is 2.75. The minimum absolute atomic E-state index is 0.0639. The maximum Gasteiger partial charge on any atom is 0.321 e. The first-order valence-corrected chi connectivity index (χ1v) is 7.58. The number of aliphatic carboxylic acids is 1. The summed E-state index contributed by atoms with van der Waals surface area (Å²) in [5.41, 5.74) is 0. The van der Waals surface area contributed by atoms with Gasteiger partial charge in [0.15, 0.2) is 9.84 Å². The van der Waals surface area contributed by atoms with E-state index >= 15 is 0 Å². The molecule has 0 saturated carbocycles. The largest absolute Gasteiger partial charge is 0.480 e. The van der Waals surface area contributed by atoms with Crippen molar-refractivity contribution in [2.75, 3.05) is 17.3 Å². The molecule has 2 heterocycles. The molecule has 2 atom stereocenters. The standard InChI is InChI=1S/C8H13NO4S2/c10-7(11)6-4-14-8(9-6)2-1-3-15(12,13)5-8/h6,9H,1-5H2,(H,10,11)/t6-,8?/m0/s1. The van der Waals surface area contributed by atoms with E-state index in [9.17, 15) is 13.2 Å². The van der Waals surface area contributed by atoms with Crippen molar-refractivity contribution in [1.82, 2.24) is 5.32 Å². The Balaban J connectivity index is 2.13. The molecule has 86 valence electrons. The highest BCUT2D eigenvalue weighted by Crippen LogP contribution is 2.38. The molecule has 0 aromatic carbocycles. The second-order valence-electron chi connectivity index (χ2n) is 4.04. The Morgan fingerprint density at radius 1 is 1.53 bits per heavy atom. The predicted octanol–water partition coefficient (Wildman–Crippen LogP) is -0.319. The molecule has 0 aromatic heterocycles. The van der Waals surface area contributed by atoms with E-state index in [0.29, 0.717) is 12.2 Å². The molecule has 2 rings (SSSR count). The zero-order valence-corrected chi connectivity index (χ0v) is 9.73. The normalized spacial score (nSPS) is 39.3. The first kappa shape index (κ1) is 11.2. The lowest BCUT2D eigenvalue weighted by molar-refractivity contribution is -0.138. The van der Waals surface area contributed by atoms with Crippen molar-refractivity contribution in [3.05, 3.63) is 0 Å². The molecule has 2 fully saturated rings. The molecule has 2 aliphatic rings. The Hall–Kier alpha value is -0.270. The number of carboxylic acid groups (broad SMARTS) is 1. The monoisotopic (exact) mass is 251 g/mol. The molecule has 0 aromatic rings. The maximum absolute atomic E-state index is 11.5. The van der Waals surface area contributed by atoms with Gasteiger partial charge in [0.25, 0.3) is 0 Å². The molecule has 15 heavy (non-hydrogen) atoms. The van der Waals surface area contributed by atoms with Crippen LogP contribution < -0.4 is 5.32 Å². The molecular weight excluding hydrogens is 238 g/mol. The van der Waals surface area contributed by atoms with Crippen LogP contribution in [0, 0.1) is 0 Å². The number of rotatable bonds is 1. The molecule has 2 saturated heterocycles. The Bertz CT molecular complexity index is 380. The third kappa shape index (κ3) is 2.29. The van der Waals surface area contributed by atoms with Crippen LogP contribution in [0.25, 0.3) is 0 Å². The quantitative estimate of drug-likeness (QED) is 0.664. The van der Waals surface area contributed by atoms with Crippen LogP contribution in [0.1, 0.15) is 12.8 Å². The summed E-state index contributed by atoms with van der Waals surface area (Å²) in [7, 11) is -3.00. The molecule has 0 amide bonds. The fourth-order valence-corrected chi connectivity index (χ4v) is 5.85. The van der Waals surface area contributed by atoms with Crippen LogP contribution in [-0.4, -0.2) is 47.7 Å². The van der Waals surface area contributed by atoms with Gasteiger partial charge in [-0.2, -0.15) is 0 Å². The van der Waals surface area contributed by atoms with Crippen LogP contribution in [0.15, 0.2) is 0 Å². The SMILES string of the molecule is O=C(O)[C@@H]1CSC2(CCCS(=O)(=O)C2)N1. The van der Waals surface area contributed by atoms with Crippen molar-refractivity contribution in [2.24, 2.45) is 0 Å². The number of carbonyl (C=O) groups is 1. The zero-order valence-electron chi connectivity index (χ0n) is 8.10. The van der Waals surface area contributed by atoms with E-state index in [1.807, 2.05) is 0 Å². The van der Waals surface area contributed by atoms with Crippen molar-refractivity contribution in [3.8, 4) is 0 Å². The molecule has 0 aliphatic carbocycles. The molecule has 2 N–H and O–H groups in total. The van der Waals surface area contributed by atoms with Gasteiger partial charge in [-0.3, -0.25) is 10.1 Å². The fraction of sp³-hybridized carbons (Fsp3) is 0.875. The summed E-state index contributed by atoms with van der Waals surface area (Å²) >= 11 is 1.43. The van der Waals surface area contributed by atoms with Gasteiger partial charge in [0.05, 0.1) is 16.4 Å². The summed E-state index contributed by atoms with van der Waals surface area (Å²) in [4.78, 5) is 10.2. The van der Waals surface area contributed by atoms with Crippen molar-refractivity contribution >= 4 is 27.6 Å². The summed E-state index contributed by atoms with van der Waals surface area (Å²) in [6.07, 6.45) is 1.36. The van der Waals surface area contributed by atoms with Crippen LogP contribution in [0.5, 0.6) is 0 Å². The van der Waals surface area contributed by atoms with E-state index in [1.165, 1.54) is 11.8 Å². The van der Waals surface area contributed by atoms with E-state index in [-0.39, 0.29) is 11.5 Å². The van der Waals surface area contributed by atoms with Gasteiger partial charge in [-0.25, -0.2) is 8.42 Å². The molecule has 1 unspecified atom stereocenters. The van der Waals surface area contributed by atoms with Crippen LogP contribution in [0.4, 0.5) is 0 Å². The van der Waals surface area contributed by atoms with Gasteiger partial charge >= 0.3 is 5.97 Å². The second kappa shape index (κ2) is 3.64. The van der Waals surface area contributed by atoms with E-state index < -0.39 is 26.7 Å². The molecular formula is C8H13NO4S2. The molecule has 0 bridgehead atoms. The molecule has 7 heteroatoms. The highest BCUT2D eigenvalue weighted by Gasteiger charge is 2.46. The van der Waals surface area contributed by atoms with Crippen molar-refractivity contribution in [3.63, 3.8) is 0 Å². The summed E-state index contributed by atoms with van der Waals surface area (Å²) in [6.45, 7) is 0. The first-order chi connectivity index (χ1) is 6.93. The Morgan fingerprint density at radius 3 is 2.80 bits per heavy atom. The van der Waals surface area contributed by atoms with Gasteiger partial charge in [-0.15, -0.1) is 11.8 Å². The topological polar surface area (TPSA) is 83.5 Å². The summed E-state index contributed by atoms with van der Waals surface area (Å²) < 4.78 is 23.0. The van der Waals surface area contributed by atoms with Gasteiger partial charge in [-0.1, -0.05) is 0 Å². The van der Waals surface area contributed by atoms with E-state index in [2.05, 4.69) is 5.32 Å². The highest BCUT2D eigenvalue weighted by atomic mass is 32.2. The lowest BCUT2D eigenvalue weighted by Crippen LogP contribution is -2.51. The van der Waals surface area contributed by atoms with Crippen LogP contribution in [0.2, 0.25) is 0 Å². The lowest BCUT2D eigenvalue weighted by atomic mass is 10.1. The van der Waals surface area contributed by atoms with Crippen LogP contribution in [0.3, 0.4) is 0 Å². The van der Waals surface area contributed by atoms with Gasteiger partial charge in [0.2, 0.25) is 0 Å². The second-order valence-corrected chi connectivity index (χ2v) is 7.62. The van der Waals surface area contributed by atoms with Crippen LogP contribution in [-0.2, 0) is 14.6 Å². The van der Waals surface area contributed by atoms with Gasteiger partial charge in [0.1, 0.15) is 6.04 Å².